The maximum absolute atomic E-state index is 14.8. The van der Waals surface area contributed by atoms with Gasteiger partial charge >= 0.3 is 0 Å². The van der Waals surface area contributed by atoms with E-state index in [1.165, 1.54) is 6.07 Å². The summed E-state index contributed by atoms with van der Waals surface area (Å²) in [5.74, 6) is 0.676. The van der Waals surface area contributed by atoms with Crippen LogP contribution in [0, 0.1) is 5.82 Å². The molecule has 30 heavy (non-hydrogen) atoms. The Labute approximate surface area is 175 Å². The molecule has 2 heterocycles. The average molecular weight is 415 g/mol. The van der Waals surface area contributed by atoms with Crippen molar-refractivity contribution in [1.82, 2.24) is 0 Å². The maximum Gasteiger partial charge on any atom is 0.246 e. The average Bonchev–Trinajstić information content (AvgIpc) is 3.15. The number of nitrogens with one attached hydrogen (secondary N) is 2. The number of nitrogens with zero attached hydrogens (tertiary/aromatic N) is 1. The molecule has 0 aromatic heterocycles. The van der Waals surface area contributed by atoms with Gasteiger partial charge in [0.05, 0.1) is 17.9 Å². The lowest BCUT2D eigenvalue weighted by atomic mass is 10.1. The maximum atomic E-state index is 14.8. The molecule has 2 aromatic rings. The van der Waals surface area contributed by atoms with E-state index in [9.17, 15) is 9.18 Å². The molecule has 2 N–H and O–H groups in total. The van der Waals surface area contributed by atoms with E-state index in [0.717, 1.165) is 0 Å². The van der Waals surface area contributed by atoms with Gasteiger partial charge in [-0.2, -0.15) is 0 Å². The third-order valence-corrected chi connectivity index (χ3v) is 5.12. The molecule has 1 saturated heterocycles. The molecule has 1 fully saturated rings. The van der Waals surface area contributed by atoms with Crippen molar-refractivity contribution >= 4 is 23.0 Å². The van der Waals surface area contributed by atoms with Gasteiger partial charge in [-0.05, 0) is 51.1 Å². The SMILES string of the molecule is CC1CN(c2ccc(NC(C)C(=O)Nc3ccc4c(c3)OCO4)cc2F)CC(C)O1. The van der Waals surface area contributed by atoms with E-state index in [4.69, 9.17) is 14.2 Å². The first-order valence-corrected chi connectivity index (χ1v) is 10.1. The Bertz CT molecular complexity index is 929. The zero-order valence-corrected chi connectivity index (χ0v) is 17.3. The lowest BCUT2D eigenvalue weighted by Gasteiger charge is -2.37. The largest absolute Gasteiger partial charge is 0.454 e. The summed E-state index contributed by atoms with van der Waals surface area (Å²) in [7, 11) is 0. The summed E-state index contributed by atoms with van der Waals surface area (Å²) in [5.41, 5.74) is 1.69. The van der Waals surface area contributed by atoms with E-state index in [1.807, 2.05) is 18.7 Å². The Kier molecular flexibility index (Phi) is 5.67. The monoisotopic (exact) mass is 415 g/mol. The number of fused-ring (bicyclic) bond motifs is 1. The van der Waals surface area contributed by atoms with Gasteiger partial charge in [-0.3, -0.25) is 4.79 Å². The molecule has 2 aliphatic rings. The predicted octanol–water partition coefficient (Wildman–Crippen LogP) is 3.61. The number of carbonyl (C=O) groups is 1. The van der Waals surface area contributed by atoms with Crippen molar-refractivity contribution in [2.45, 2.75) is 39.0 Å². The molecular weight excluding hydrogens is 389 g/mol. The number of hydrogen-bond acceptors (Lipinski definition) is 6. The molecule has 4 rings (SSSR count). The van der Waals surface area contributed by atoms with Crippen molar-refractivity contribution in [3.8, 4) is 11.5 Å². The molecule has 1 amide bonds. The van der Waals surface area contributed by atoms with Crippen LogP contribution in [0.3, 0.4) is 0 Å². The quantitative estimate of drug-likeness (QED) is 0.778. The Morgan fingerprint density at radius 1 is 1.07 bits per heavy atom. The van der Waals surface area contributed by atoms with Gasteiger partial charge in [0.1, 0.15) is 11.9 Å². The van der Waals surface area contributed by atoms with E-state index < -0.39 is 6.04 Å². The number of amides is 1. The number of anilines is 3. The van der Waals surface area contributed by atoms with Gasteiger partial charge in [-0.1, -0.05) is 0 Å². The number of ether oxygens (including phenoxy) is 3. The van der Waals surface area contributed by atoms with Gasteiger partial charge in [0.15, 0.2) is 11.5 Å². The van der Waals surface area contributed by atoms with Crippen molar-refractivity contribution in [3.05, 3.63) is 42.2 Å². The minimum absolute atomic E-state index is 0.0471. The van der Waals surface area contributed by atoms with Crippen LogP contribution in [0.5, 0.6) is 11.5 Å². The molecule has 0 spiro atoms. The van der Waals surface area contributed by atoms with Crippen molar-refractivity contribution in [3.63, 3.8) is 0 Å². The van der Waals surface area contributed by atoms with Crippen LogP contribution in [-0.4, -0.2) is 44.0 Å². The van der Waals surface area contributed by atoms with Crippen LogP contribution >= 0.6 is 0 Å². The standard InChI is InChI=1S/C22H26FN3O4/c1-13-10-26(11-14(2)30-13)19-6-4-16(8-18(19)23)24-15(3)22(27)25-17-5-7-20-21(9-17)29-12-28-20/h4-9,13-15,24H,10-12H2,1-3H3,(H,25,27). The minimum atomic E-state index is -0.566. The van der Waals surface area contributed by atoms with E-state index >= 15 is 0 Å². The molecule has 0 bridgehead atoms. The minimum Gasteiger partial charge on any atom is -0.454 e. The van der Waals surface area contributed by atoms with Crippen molar-refractivity contribution < 1.29 is 23.4 Å². The Morgan fingerprint density at radius 2 is 1.77 bits per heavy atom. The highest BCUT2D eigenvalue weighted by atomic mass is 19.1. The first-order valence-electron chi connectivity index (χ1n) is 10.1. The Morgan fingerprint density at radius 3 is 2.50 bits per heavy atom. The van der Waals surface area contributed by atoms with E-state index in [2.05, 4.69) is 10.6 Å². The molecule has 8 heteroatoms. The zero-order valence-electron chi connectivity index (χ0n) is 17.3. The number of carbonyl (C=O) groups excluding carboxylic acids is 1. The van der Waals surface area contributed by atoms with Gasteiger partial charge in [0.25, 0.3) is 0 Å². The molecular formula is C22H26FN3O4. The fraction of sp³-hybridized carbons (Fsp3) is 0.409. The molecule has 0 radical (unpaired) electrons. The highest BCUT2D eigenvalue weighted by molar-refractivity contribution is 5.96. The first kappa shape index (κ1) is 20.3. The van der Waals surface area contributed by atoms with Gasteiger partial charge < -0.3 is 29.7 Å². The number of hydrogen-bond donors (Lipinski definition) is 2. The van der Waals surface area contributed by atoms with Crippen LogP contribution in [0.15, 0.2) is 36.4 Å². The first-order chi connectivity index (χ1) is 14.4. The summed E-state index contributed by atoms with van der Waals surface area (Å²) in [5, 5.41) is 5.88. The third-order valence-electron chi connectivity index (χ3n) is 5.12. The zero-order chi connectivity index (χ0) is 21.3. The smallest absolute Gasteiger partial charge is 0.246 e. The van der Waals surface area contributed by atoms with Crippen LogP contribution in [0.4, 0.5) is 21.5 Å². The lowest BCUT2D eigenvalue weighted by molar-refractivity contribution is -0.116. The summed E-state index contributed by atoms with van der Waals surface area (Å²) in [6, 6.07) is 9.59. The molecule has 7 nitrogen and oxygen atoms in total. The summed E-state index contributed by atoms with van der Waals surface area (Å²) < 4.78 is 31.1. The van der Waals surface area contributed by atoms with Crippen molar-refractivity contribution in [2.75, 3.05) is 35.4 Å². The summed E-state index contributed by atoms with van der Waals surface area (Å²) in [6.45, 7) is 7.15. The number of morpholine rings is 1. The van der Waals surface area contributed by atoms with E-state index in [0.29, 0.717) is 41.7 Å². The highest BCUT2D eigenvalue weighted by Crippen LogP contribution is 2.34. The molecule has 3 atom stereocenters. The van der Waals surface area contributed by atoms with Crippen LogP contribution < -0.4 is 25.0 Å². The van der Waals surface area contributed by atoms with Crippen LogP contribution in [-0.2, 0) is 9.53 Å². The van der Waals surface area contributed by atoms with Crippen LogP contribution in [0.1, 0.15) is 20.8 Å². The predicted molar refractivity (Wildman–Crippen MR) is 113 cm³/mol. The van der Waals surface area contributed by atoms with Crippen molar-refractivity contribution in [2.24, 2.45) is 0 Å². The van der Waals surface area contributed by atoms with Crippen molar-refractivity contribution in [1.29, 1.82) is 0 Å². The molecule has 3 unspecified atom stereocenters. The lowest BCUT2D eigenvalue weighted by Crippen LogP contribution is -2.45. The molecule has 0 saturated carbocycles. The number of halogens is 1. The molecule has 2 aromatic carbocycles. The second-order valence-electron chi connectivity index (χ2n) is 7.75. The molecule has 0 aliphatic carbocycles. The Balaban J connectivity index is 1.38. The molecule has 2 aliphatic heterocycles. The number of rotatable bonds is 5. The van der Waals surface area contributed by atoms with Crippen LogP contribution in [0.25, 0.3) is 0 Å². The third kappa shape index (κ3) is 4.43. The van der Waals surface area contributed by atoms with Crippen LogP contribution in [0.2, 0.25) is 0 Å². The van der Waals surface area contributed by atoms with Gasteiger partial charge in [0.2, 0.25) is 12.7 Å². The summed E-state index contributed by atoms with van der Waals surface area (Å²) >= 11 is 0. The van der Waals surface area contributed by atoms with E-state index in [1.54, 1.807) is 37.3 Å². The second-order valence-corrected chi connectivity index (χ2v) is 7.75. The topological polar surface area (TPSA) is 72.1 Å². The fourth-order valence-corrected chi connectivity index (χ4v) is 3.77. The second kappa shape index (κ2) is 8.39. The highest BCUT2D eigenvalue weighted by Gasteiger charge is 2.24. The number of benzene rings is 2. The van der Waals surface area contributed by atoms with Gasteiger partial charge in [-0.25, -0.2) is 4.39 Å². The van der Waals surface area contributed by atoms with Gasteiger partial charge in [0, 0.05) is 30.5 Å². The molecule has 160 valence electrons. The summed E-state index contributed by atoms with van der Waals surface area (Å²) in [4.78, 5) is 14.5. The normalized spacial score (nSPS) is 21.3. The van der Waals surface area contributed by atoms with Gasteiger partial charge in [-0.15, -0.1) is 0 Å². The van der Waals surface area contributed by atoms with E-state index in [-0.39, 0.29) is 30.7 Å². The summed E-state index contributed by atoms with van der Waals surface area (Å²) in [6.07, 6.45) is 0.0942. The fourth-order valence-electron chi connectivity index (χ4n) is 3.77. The Hall–Kier alpha value is -3.00.